The highest BCUT2D eigenvalue weighted by molar-refractivity contribution is 5.69. The molecule has 0 saturated heterocycles. The Morgan fingerprint density at radius 3 is 1.16 bits per heavy atom. The Bertz CT molecular complexity index is 433. The summed E-state index contributed by atoms with van der Waals surface area (Å²) < 4.78 is 5.64. The fraction of sp³-hybridized carbons (Fsp3) is 0.971. The van der Waals surface area contributed by atoms with E-state index in [1.54, 1.807) is 0 Å². The van der Waals surface area contributed by atoms with E-state index >= 15 is 0 Å². The van der Waals surface area contributed by atoms with Crippen LogP contribution in [0.5, 0.6) is 0 Å². The van der Waals surface area contributed by atoms with Gasteiger partial charge in [-0.25, -0.2) is 0 Å². The van der Waals surface area contributed by atoms with Crippen molar-refractivity contribution >= 4 is 5.97 Å². The summed E-state index contributed by atoms with van der Waals surface area (Å²) in [6.45, 7) is 7.50. The molecule has 0 aromatic heterocycles. The van der Waals surface area contributed by atoms with Gasteiger partial charge in [0.15, 0.2) is 0 Å². The second-order valence-corrected chi connectivity index (χ2v) is 12.0. The molecule has 0 N–H and O–H groups in total. The van der Waals surface area contributed by atoms with Gasteiger partial charge in [0.1, 0.15) is 0 Å². The molecule has 0 bridgehead atoms. The van der Waals surface area contributed by atoms with Crippen molar-refractivity contribution in [3.63, 3.8) is 0 Å². The Hall–Kier alpha value is -0.530. The van der Waals surface area contributed by atoms with Crippen LogP contribution in [0.1, 0.15) is 207 Å². The largest absolute Gasteiger partial charge is 0.466 e. The zero-order valence-electron chi connectivity index (χ0n) is 26.1. The van der Waals surface area contributed by atoms with E-state index in [0.29, 0.717) is 13.0 Å². The van der Waals surface area contributed by atoms with Crippen LogP contribution in [-0.2, 0) is 9.53 Å². The maximum absolute atomic E-state index is 12.2. The van der Waals surface area contributed by atoms with Crippen LogP contribution >= 0.6 is 0 Å². The Morgan fingerprint density at radius 1 is 0.432 bits per heavy atom. The maximum atomic E-state index is 12.2. The fourth-order valence-electron chi connectivity index (χ4n) is 5.56. The Balaban J connectivity index is 3.63. The van der Waals surface area contributed by atoms with Gasteiger partial charge in [-0.2, -0.15) is 0 Å². The standard InChI is InChI=1S/C35H70O2/c1-4-7-10-13-15-16-17-18-19-20-21-22-23-25-28-31-35(36)37-33-32-34(29-26-12-9-6-3)30-27-24-14-11-8-5-2/h34H,4-33H2,1-3H3. The summed E-state index contributed by atoms with van der Waals surface area (Å²) in [6.07, 6.45) is 38.4. The Kier molecular flexibility index (Phi) is 31.2. The van der Waals surface area contributed by atoms with Crippen LogP contribution < -0.4 is 0 Å². The smallest absolute Gasteiger partial charge is 0.305 e. The molecule has 0 fully saturated rings. The summed E-state index contributed by atoms with van der Waals surface area (Å²) in [7, 11) is 0. The molecule has 0 rings (SSSR count). The average molecular weight is 523 g/mol. The molecule has 2 heteroatoms. The summed E-state index contributed by atoms with van der Waals surface area (Å²) in [4.78, 5) is 12.2. The van der Waals surface area contributed by atoms with Crippen LogP contribution in [0.25, 0.3) is 0 Å². The predicted molar refractivity (Wildman–Crippen MR) is 165 cm³/mol. The molecule has 37 heavy (non-hydrogen) atoms. The highest BCUT2D eigenvalue weighted by Crippen LogP contribution is 2.22. The monoisotopic (exact) mass is 523 g/mol. The molecule has 1 atom stereocenters. The lowest BCUT2D eigenvalue weighted by Gasteiger charge is -2.17. The number of ether oxygens (including phenoxy) is 1. The van der Waals surface area contributed by atoms with Gasteiger partial charge in [-0.1, -0.05) is 188 Å². The van der Waals surface area contributed by atoms with Gasteiger partial charge < -0.3 is 4.74 Å². The van der Waals surface area contributed by atoms with Gasteiger partial charge in [0.25, 0.3) is 0 Å². The van der Waals surface area contributed by atoms with Gasteiger partial charge in [0.2, 0.25) is 0 Å². The number of hydrogen-bond donors (Lipinski definition) is 0. The average Bonchev–Trinajstić information content (AvgIpc) is 2.90. The number of carbonyl (C=O) groups is 1. The molecular formula is C35H70O2. The minimum absolute atomic E-state index is 0.0407. The summed E-state index contributed by atoms with van der Waals surface area (Å²) in [6, 6.07) is 0. The topological polar surface area (TPSA) is 26.3 Å². The van der Waals surface area contributed by atoms with E-state index in [4.69, 9.17) is 4.74 Å². The first-order chi connectivity index (χ1) is 18.2. The van der Waals surface area contributed by atoms with E-state index < -0.39 is 0 Å². The van der Waals surface area contributed by atoms with Gasteiger partial charge in [-0.15, -0.1) is 0 Å². The van der Waals surface area contributed by atoms with Crippen LogP contribution in [0.15, 0.2) is 0 Å². The molecule has 222 valence electrons. The van der Waals surface area contributed by atoms with E-state index in [2.05, 4.69) is 20.8 Å². The van der Waals surface area contributed by atoms with Crippen molar-refractivity contribution in [2.24, 2.45) is 5.92 Å². The van der Waals surface area contributed by atoms with Gasteiger partial charge >= 0.3 is 5.97 Å². The normalized spacial score (nSPS) is 12.2. The molecule has 0 aliphatic heterocycles. The van der Waals surface area contributed by atoms with Gasteiger partial charge in [0, 0.05) is 6.42 Å². The molecule has 0 saturated carbocycles. The fourth-order valence-corrected chi connectivity index (χ4v) is 5.56. The second-order valence-electron chi connectivity index (χ2n) is 12.0. The third-order valence-electron chi connectivity index (χ3n) is 8.21. The summed E-state index contributed by atoms with van der Waals surface area (Å²) in [5.41, 5.74) is 0. The Morgan fingerprint density at radius 2 is 0.757 bits per heavy atom. The van der Waals surface area contributed by atoms with Crippen molar-refractivity contribution in [1.29, 1.82) is 0 Å². The van der Waals surface area contributed by atoms with E-state index in [-0.39, 0.29) is 5.97 Å². The molecule has 0 aromatic rings. The molecule has 0 radical (unpaired) electrons. The Labute approximate surface area is 234 Å². The van der Waals surface area contributed by atoms with E-state index in [9.17, 15) is 4.79 Å². The van der Waals surface area contributed by atoms with E-state index in [1.165, 1.54) is 167 Å². The van der Waals surface area contributed by atoms with Crippen molar-refractivity contribution in [3.8, 4) is 0 Å². The number of rotatable bonds is 31. The summed E-state index contributed by atoms with van der Waals surface area (Å²) in [5.74, 6) is 0.792. The third kappa shape index (κ3) is 29.9. The predicted octanol–water partition coefficient (Wildman–Crippen LogP) is 12.5. The van der Waals surface area contributed by atoms with Gasteiger partial charge in [-0.05, 0) is 18.8 Å². The molecule has 0 amide bonds. The first kappa shape index (κ1) is 36.5. The van der Waals surface area contributed by atoms with Crippen LogP contribution in [0.2, 0.25) is 0 Å². The molecule has 0 aliphatic carbocycles. The zero-order chi connectivity index (χ0) is 27.1. The van der Waals surface area contributed by atoms with Crippen molar-refractivity contribution in [2.45, 2.75) is 207 Å². The lowest BCUT2D eigenvalue weighted by molar-refractivity contribution is -0.144. The SMILES string of the molecule is CCCCCCCCCCCCCCCCCC(=O)OCCC(CCCCCC)CCCCCCCC. The number of esters is 1. The van der Waals surface area contributed by atoms with Crippen molar-refractivity contribution in [3.05, 3.63) is 0 Å². The van der Waals surface area contributed by atoms with E-state index in [0.717, 1.165) is 18.8 Å². The molecule has 0 heterocycles. The molecule has 1 unspecified atom stereocenters. The molecule has 2 nitrogen and oxygen atoms in total. The lowest BCUT2D eigenvalue weighted by Crippen LogP contribution is -2.10. The van der Waals surface area contributed by atoms with Crippen LogP contribution in [0, 0.1) is 5.92 Å². The summed E-state index contributed by atoms with van der Waals surface area (Å²) >= 11 is 0. The van der Waals surface area contributed by atoms with Crippen molar-refractivity contribution in [2.75, 3.05) is 6.61 Å². The maximum Gasteiger partial charge on any atom is 0.305 e. The van der Waals surface area contributed by atoms with Crippen molar-refractivity contribution < 1.29 is 9.53 Å². The highest BCUT2D eigenvalue weighted by Gasteiger charge is 2.11. The third-order valence-corrected chi connectivity index (χ3v) is 8.21. The quantitative estimate of drug-likeness (QED) is 0.0668. The van der Waals surface area contributed by atoms with Gasteiger partial charge in [0.05, 0.1) is 6.61 Å². The van der Waals surface area contributed by atoms with E-state index in [1.807, 2.05) is 0 Å². The van der Waals surface area contributed by atoms with Gasteiger partial charge in [-0.3, -0.25) is 4.79 Å². The summed E-state index contributed by atoms with van der Waals surface area (Å²) in [5, 5.41) is 0. The van der Waals surface area contributed by atoms with Crippen LogP contribution in [0.4, 0.5) is 0 Å². The molecule has 0 aromatic carbocycles. The minimum atomic E-state index is 0.0407. The molecular weight excluding hydrogens is 452 g/mol. The number of unbranched alkanes of at least 4 members (excludes halogenated alkanes) is 22. The molecule has 0 aliphatic rings. The first-order valence-corrected chi connectivity index (χ1v) is 17.4. The van der Waals surface area contributed by atoms with Crippen LogP contribution in [-0.4, -0.2) is 12.6 Å². The molecule has 0 spiro atoms. The first-order valence-electron chi connectivity index (χ1n) is 17.4. The lowest BCUT2D eigenvalue weighted by atomic mass is 9.92. The number of hydrogen-bond acceptors (Lipinski definition) is 2. The highest BCUT2D eigenvalue weighted by atomic mass is 16.5. The van der Waals surface area contributed by atoms with Crippen molar-refractivity contribution in [1.82, 2.24) is 0 Å². The minimum Gasteiger partial charge on any atom is -0.466 e. The zero-order valence-corrected chi connectivity index (χ0v) is 26.1. The van der Waals surface area contributed by atoms with Crippen LogP contribution in [0.3, 0.4) is 0 Å². The number of carbonyl (C=O) groups excluding carboxylic acids is 1. The second kappa shape index (κ2) is 31.7.